The van der Waals surface area contributed by atoms with Gasteiger partial charge < -0.3 is 9.84 Å². The molecule has 1 N–H and O–H groups in total. The fourth-order valence-corrected chi connectivity index (χ4v) is 2.61. The van der Waals surface area contributed by atoms with Crippen LogP contribution in [0.5, 0.6) is 5.75 Å². The molecule has 0 aliphatic rings. The summed E-state index contributed by atoms with van der Waals surface area (Å²) in [5.41, 5.74) is 1.14. The van der Waals surface area contributed by atoms with Crippen LogP contribution in [0.4, 0.5) is 0 Å². The molecular weight excluding hydrogens is 292 g/mol. The average molecular weight is 315 g/mol. The summed E-state index contributed by atoms with van der Waals surface area (Å²) in [6, 6.07) is 5.97. The van der Waals surface area contributed by atoms with E-state index in [9.17, 15) is 5.11 Å². The lowest BCUT2D eigenvalue weighted by atomic mass is 10.0. The van der Waals surface area contributed by atoms with Gasteiger partial charge in [-0.25, -0.2) is 0 Å². The summed E-state index contributed by atoms with van der Waals surface area (Å²) in [4.78, 5) is 0. The molecule has 1 aromatic rings. The second-order valence-corrected chi connectivity index (χ2v) is 5.53. The Balaban J connectivity index is 2.39. The van der Waals surface area contributed by atoms with Gasteiger partial charge >= 0.3 is 0 Å². The zero-order valence-corrected chi connectivity index (χ0v) is 12.9. The fourth-order valence-electron chi connectivity index (χ4n) is 2.02. The number of benzene rings is 1. The van der Waals surface area contributed by atoms with Crippen LogP contribution in [0.2, 0.25) is 0 Å². The molecule has 0 heterocycles. The van der Waals surface area contributed by atoms with Crippen LogP contribution < -0.4 is 4.74 Å². The second-order valence-electron chi connectivity index (χ2n) is 4.68. The van der Waals surface area contributed by atoms with E-state index in [4.69, 9.17) is 4.74 Å². The topological polar surface area (TPSA) is 29.5 Å². The van der Waals surface area contributed by atoms with Gasteiger partial charge in [-0.05, 0) is 46.5 Å². The summed E-state index contributed by atoms with van der Waals surface area (Å²) >= 11 is 3.46. The standard InChI is InChI=1S/C15H23BrO2/c1-3-4-5-6-7-13(17)10-12-8-9-15(18-2)14(16)11-12/h8-9,11,13,17H,3-7,10H2,1-2H3. The summed E-state index contributed by atoms with van der Waals surface area (Å²) in [6.45, 7) is 2.20. The Bertz CT molecular complexity index is 352. The number of aliphatic hydroxyl groups excluding tert-OH is 1. The van der Waals surface area contributed by atoms with Crippen LogP contribution in [0.25, 0.3) is 0 Å². The van der Waals surface area contributed by atoms with Gasteiger partial charge in [0.15, 0.2) is 0 Å². The molecule has 1 aromatic carbocycles. The van der Waals surface area contributed by atoms with Gasteiger partial charge in [0.2, 0.25) is 0 Å². The molecule has 3 heteroatoms. The van der Waals surface area contributed by atoms with Gasteiger partial charge in [0.05, 0.1) is 17.7 Å². The van der Waals surface area contributed by atoms with Crippen molar-refractivity contribution in [3.63, 3.8) is 0 Å². The maximum absolute atomic E-state index is 9.97. The molecule has 0 radical (unpaired) electrons. The van der Waals surface area contributed by atoms with Crippen molar-refractivity contribution >= 4 is 15.9 Å². The molecule has 0 saturated carbocycles. The van der Waals surface area contributed by atoms with Gasteiger partial charge in [0.25, 0.3) is 0 Å². The number of rotatable bonds is 8. The molecule has 2 nitrogen and oxygen atoms in total. The Hall–Kier alpha value is -0.540. The number of hydrogen-bond donors (Lipinski definition) is 1. The molecular formula is C15H23BrO2. The van der Waals surface area contributed by atoms with E-state index in [1.54, 1.807) is 7.11 Å². The van der Waals surface area contributed by atoms with E-state index in [0.29, 0.717) is 6.42 Å². The third kappa shape index (κ3) is 5.40. The molecule has 1 unspecified atom stereocenters. The molecule has 0 spiro atoms. The van der Waals surface area contributed by atoms with Crippen molar-refractivity contribution in [2.24, 2.45) is 0 Å². The fraction of sp³-hybridized carbons (Fsp3) is 0.600. The quantitative estimate of drug-likeness (QED) is 0.724. The number of unbranched alkanes of at least 4 members (excludes halogenated alkanes) is 3. The van der Waals surface area contributed by atoms with Gasteiger partial charge in [-0.2, -0.15) is 0 Å². The van der Waals surface area contributed by atoms with Gasteiger partial charge in [-0.15, -0.1) is 0 Å². The predicted octanol–water partition coefficient (Wildman–Crippen LogP) is 4.33. The molecule has 0 aliphatic heterocycles. The number of ether oxygens (including phenoxy) is 1. The lowest BCUT2D eigenvalue weighted by molar-refractivity contribution is 0.161. The molecule has 102 valence electrons. The highest BCUT2D eigenvalue weighted by atomic mass is 79.9. The van der Waals surface area contributed by atoms with E-state index in [1.165, 1.54) is 19.3 Å². The summed E-state index contributed by atoms with van der Waals surface area (Å²) in [5, 5.41) is 9.97. The van der Waals surface area contributed by atoms with Crippen molar-refractivity contribution in [2.45, 2.75) is 51.6 Å². The van der Waals surface area contributed by atoms with Crippen molar-refractivity contribution < 1.29 is 9.84 Å². The van der Waals surface area contributed by atoms with Gasteiger partial charge in [-0.3, -0.25) is 0 Å². The minimum atomic E-state index is -0.234. The Morgan fingerprint density at radius 2 is 2.06 bits per heavy atom. The maximum Gasteiger partial charge on any atom is 0.133 e. The average Bonchev–Trinajstić information content (AvgIpc) is 2.35. The van der Waals surface area contributed by atoms with Crippen LogP contribution >= 0.6 is 15.9 Å². The largest absolute Gasteiger partial charge is 0.496 e. The molecule has 0 aliphatic carbocycles. The zero-order chi connectivity index (χ0) is 13.4. The minimum Gasteiger partial charge on any atom is -0.496 e. The van der Waals surface area contributed by atoms with E-state index in [1.807, 2.05) is 18.2 Å². The molecule has 1 rings (SSSR count). The maximum atomic E-state index is 9.97. The lowest BCUT2D eigenvalue weighted by Crippen LogP contribution is -2.10. The monoisotopic (exact) mass is 314 g/mol. The first-order chi connectivity index (χ1) is 8.67. The summed E-state index contributed by atoms with van der Waals surface area (Å²) in [7, 11) is 1.66. The number of hydrogen-bond acceptors (Lipinski definition) is 2. The summed E-state index contributed by atoms with van der Waals surface area (Å²) in [6.07, 6.45) is 6.22. The first-order valence-corrected chi connectivity index (χ1v) is 7.47. The molecule has 18 heavy (non-hydrogen) atoms. The van der Waals surface area contributed by atoms with Gasteiger partial charge in [0.1, 0.15) is 5.75 Å². The van der Waals surface area contributed by atoms with Crippen LogP contribution in [-0.2, 0) is 6.42 Å². The predicted molar refractivity (Wildman–Crippen MR) is 79.2 cm³/mol. The second kappa shape index (κ2) is 8.54. The van der Waals surface area contributed by atoms with E-state index < -0.39 is 0 Å². The van der Waals surface area contributed by atoms with Crippen LogP contribution in [0, 0.1) is 0 Å². The molecule has 0 saturated heterocycles. The lowest BCUT2D eigenvalue weighted by Gasteiger charge is -2.11. The first kappa shape index (κ1) is 15.5. The molecule has 0 bridgehead atoms. The number of methoxy groups -OCH3 is 1. The summed E-state index contributed by atoms with van der Waals surface area (Å²) in [5.74, 6) is 0.830. The van der Waals surface area contributed by atoms with Crippen molar-refractivity contribution in [3.8, 4) is 5.75 Å². The van der Waals surface area contributed by atoms with Gasteiger partial charge in [0, 0.05) is 0 Å². The number of halogens is 1. The van der Waals surface area contributed by atoms with Crippen molar-refractivity contribution in [3.05, 3.63) is 28.2 Å². The van der Waals surface area contributed by atoms with E-state index >= 15 is 0 Å². The normalized spacial score (nSPS) is 12.4. The molecule has 0 fully saturated rings. The highest BCUT2D eigenvalue weighted by Crippen LogP contribution is 2.26. The van der Waals surface area contributed by atoms with E-state index in [2.05, 4.69) is 22.9 Å². The van der Waals surface area contributed by atoms with Gasteiger partial charge in [-0.1, -0.05) is 38.7 Å². The van der Waals surface area contributed by atoms with Crippen LogP contribution in [0.1, 0.15) is 44.6 Å². The highest BCUT2D eigenvalue weighted by Gasteiger charge is 2.07. The van der Waals surface area contributed by atoms with Crippen LogP contribution in [0.3, 0.4) is 0 Å². The van der Waals surface area contributed by atoms with Crippen molar-refractivity contribution in [1.29, 1.82) is 0 Å². The third-order valence-electron chi connectivity index (χ3n) is 3.08. The SMILES string of the molecule is CCCCCCC(O)Cc1ccc(OC)c(Br)c1. The number of aliphatic hydroxyl groups is 1. The van der Waals surface area contributed by atoms with Crippen LogP contribution in [0.15, 0.2) is 22.7 Å². The smallest absolute Gasteiger partial charge is 0.133 e. The van der Waals surface area contributed by atoms with E-state index in [0.717, 1.165) is 28.6 Å². The Morgan fingerprint density at radius 1 is 1.28 bits per heavy atom. The highest BCUT2D eigenvalue weighted by molar-refractivity contribution is 9.10. The Labute approximate surface area is 118 Å². The Morgan fingerprint density at radius 3 is 2.67 bits per heavy atom. The first-order valence-electron chi connectivity index (χ1n) is 6.67. The van der Waals surface area contributed by atoms with Crippen molar-refractivity contribution in [1.82, 2.24) is 0 Å². The summed E-state index contributed by atoms with van der Waals surface area (Å²) < 4.78 is 6.13. The van der Waals surface area contributed by atoms with E-state index in [-0.39, 0.29) is 6.10 Å². The van der Waals surface area contributed by atoms with Crippen molar-refractivity contribution in [2.75, 3.05) is 7.11 Å². The molecule has 0 aromatic heterocycles. The Kier molecular flexibility index (Phi) is 7.36. The zero-order valence-electron chi connectivity index (χ0n) is 11.3. The van der Waals surface area contributed by atoms with Crippen LogP contribution in [-0.4, -0.2) is 18.3 Å². The molecule has 0 amide bonds. The molecule has 1 atom stereocenters. The minimum absolute atomic E-state index is 0.234. The third-order valence-corrected chi connectivity index (χ3v) is 3.70.